The van der Waals surface area contributed by atoms with E-state index in [1.54, 1.807) is 31.1 Å². The van der Waals surface area contributed by atoms with Crippen molar-refractivity contribution in [3.05, 3.63) is 42.1 Å². The minimum atomic E-state index is -0.864. The van der Waals surface area contributed by atoms with E-state index in [9.17, 15) is 13.6 Å². The Morgan fingerprint density at radius 1 is 1.24 bits per heavy atom. The summed E-state index contributed by atoms with van der Waals surface area (Å²) in [7, 11) is 1.62. The predicted molar refractivity (Wildman–Crippen MR) is 112 cm³/mol. The molecule has 2 aromatic rings. The third kappa shape index (κ3) is 5.69. The number of benzene rings is 1. The summed E-state index contributed by atoms with van der Waals surface area (Å²) in [5.74, 6) is -2.11. The van der Waals surface area contributed by atoms with E-state index in [0.717, 1.165) is 23.4 Å². The number of carbonyl (C=O) groups is 1. The van der Waals surface area contributed by atoms with Gasteiger partial charge in [-0.1, -0.05) is 18.9 Å². The number of hydrogen-bond acceptors (Lipinski definition) is 4. The van der Waals surface area contributed by atoms with E-state index >= 15 is 0 Å². The Morgan fingerprint density at radius 3 is 2.59 bits per heavy atom. The molecule has 4 nitrogen and oxygen atoms in total. The van der Waals surface area contributed by atoms with Crippen LogP contribution in [0.15, 0.2) is 35.5 Å². The van der Waals surface area contributed by atoms with Crippen LogP contribution in [0, 0.1) is 11.6 Å². The molecule has 0 saturated heterocycles. The van der Waals surface area contributed by atoms with E-state index in [-0.39, 0.29) is 12.1 Å². The minimum Gasteiger partial charge on any atom is -0.481 e. The molecule has 7 heteroatoms. The lowest BCUT2D eigenvalue weighted by Crippen LogP contribution is -2.21. The fraction of sp³-hybridized carbons (Fsp3) is 0.455. The third-order valence-corrected chi connectivity index (χ3v) is 6.55. The maximum absolute atomic E-state index is 14.8. The molecule has 1 saturated carbocycles. The van der Waals surface area contributed by atoms with E-state index in [2.05, 4.69) is 4.98 Å². The first-order valence-corrected chi connectivity index (χ1v) is 10.9. The summed E-state index contributed by atoms with van der Waals surface area (Å²) in [4.78, 5) is 16.6. The van der Waals surface area contributed by atoms with Crippen LogP contribution in [0.2, 0.25) is 0 Å². The van der Waals surface area contributed by atoms with Crippen molar-refractivity contribution in [3.63, 3.8) is 0 Å². The van der Waals surface area contributed by atoms with Gasteiger partial charge in [0.25, 0.3) is 0 Å². The van der Waals surface area contributed by atoms with Crippen molar-refractivity contribution in [1.29, 1.82) is 0 Å². The number of rotatable bonds is 9. The highest BCUT2D eigenvalue weighted by Crippen LogP contribution is 2.39. The summed E-state index contributed by atoms with van der Waals surface area (Å²) in [5.41, 5.74) is 1.15. The number of aromatic nitrogens is 1. The zero-order valence-corrected chi connectivity index (χ0v) is 17.4. The average Bonchev–Trinajstić information content (AvgIpc) is 3.18. The average molecular weight is 421 g/mol. The number of thioether (sulfide) groups is 1. The molecule has 0 amide bonds. The van der Waals surface area contributed by atoms with Crippen LogP contribution in [-0.2, 0) is 4.79 Å². The van der Waals surface area contributed by atoms with Gasteiger partial charge in [0, 0.05) is 37.0 Å². The maximum Gasteiger partial charge on any atom is 0.303 e. The molecule has 0 radical (unpaired) electrons. The smallest absolute Gasteiger partial charge is 0.303 e. The molecular formula is C22H26F2N2O2S. The lowest BCUT2D eigenvalue weighted by molar-refractivity contribution is -0.137. The van der Waals surface area contributed by atoms with Gasteiger partial charge in [0.2, 0.25) is 0 Å². The summed E-state index contributed by atoms with van der Waals surface area (Å²) in [6.07, 6.45) is 7.52. The molecule has 0 atom stereocenters. The first-order chi connectivity index (χ1) is 14.0. The fourth-order valence-corrected chi connectivity index (χ4v) is 5.01. The van der Waals surface area contributed by atoms with Gasteiger partial charge in [-0.3, -0.25) is 4.79 Å². The number of hydrogen-bond donors (Lipinski definition) is 1. The van der Waals surface area contributed by atoms with E-state index in [1.807, 2.05) is 6.07 Å². The molecule has 1 aromatic heterocycles. The SMILES string of the molecule is CN(CCCCC(=O)O)c1c(F)cc(-c2cccnc2SC2CCCC2)cc1F. The van der Waals surface area contributed by atoms with Gasteiger partial charge < -0.3 is 10.0 Å². The number of nitrogens with zero attached hydrogens (tertiary/aromatic N) is 2. The second-order valence-electron chi connectivity index (χ2n) is 7.44. The minimum absolute atomic E-state index is 0.0557. The van der Waals surface area contributed by atoms with Gasteiger partial charge >= 0.3 is 5.97 Å². The lowest BCUT2D eigenvalue weighted by Gasteiger charge is -2.21. The molecule has 1 heterocycles. The van der Waals surface area contributed by atoms with Crippen LogP contribution in [0.1, 0.15) is 44.9 Å². The Morgan fingerprint density at radius 2 is 1.93 bits per heavy atom. The van der Waals surface area contributed by atoms with Crippen molar-refractivity contribution in [2.45, 2.75) is 55.2 Å². The molecular weight excluding hydrogens is 394 g/mol. The molecule has 1 fully saturated rings. The van der Waals surface area contributed by atoms with Crippen LogP contribution in [0.4, 0.5) is 14.5 Å². The first kappa shape index (κ1) is 21.6. The zero-order chi connectivity index (χ0) is 20.8. The molecule has 1 aliphatic rings. The van der Waals surface area contributed by atoms with E-state index in [0.29, 0.717) is 30.2 Å². The van der Waals surface area contributed by atoms with Crippen LogP contribution in [-0.4, -0.2) is 34.9 Å². The van der Waals surface area contributed by atoms with Crippen LogP contribution in [0.3, 0.4) is 0 Å². The van der Waals surface area contributed by atoms with Crippen molar-refractivity contribution in [2.24, 2.45) is 0 Å². The Hall–Kier alpha value is -2.15. The Labute approximate surface area is 174 Å². The van der Waals surface area contributed by atoms with Crippen molar-refractivity contribution in [3.8, 4) is 11.1 Å². The van der Waals surface area contributed by atoms with Crippen LogP contribution >= 0.6 is 11.8 Å². The summed E-state index contributed by atoms with van der Waals surface area (Å²) < 4.78 is 29.6. The number of halogens is 2. The third-order valence-electron chi connectivity index (χ3n) is 5.20. The molecule has 1 aliphatic carbocycles. The van der Waals surface area contributed by atoms with Gasteiger partial charge in [0.05, 0.1) is 0 Å². The van der Waals surface area contributed by atoms with Gasteiger partial charge in [-0.05, 0) is 49.4 Å². The standard InChI is InChI=1S/C22H26F2N2O2S/c1-26(12-5-4-10-20(27)28)21-18(23)13-15(14-19(21)24)17-9-6-11-25-22(17)29-16-7-2-3-8-16/h6,9,11,13-14,16H,2-5,7-8,10,12H2,1H3,(H,27,28). The van der Waals surface area contributed by atoms with Crippen molar-refractivity contribution >= 4 is 23.4 Å². The molecule has 1 aromatic carbocycles. The highest BCUT2D eigenvalue weighted by Gasteiger charge is 2.21. The Bertz CT molecular complexity index is 833. The lowest BCUT2D eigenvalue weighted by atomic mass is 10.1. The van der Waals surface area contributed by atoms with Crippen molar-refractivity contribution in [1.82, 2.24) is 4.98 Å². The first-order valence-electron chi connectivity index (χ1n) is 9.99. The van der Waals surface area contributed by atoms with Crippen LogP contribution in [0.25, 0.3) is 11.1 Å². The molecule has 0 aliphatic heterocycles. The zero-order valence-electron chi connectivity index (χ0n) is 16.5. The molecule has 1 N–H and O–H groups in total. The largest absolute Gasteiger partial charge is 0.481 e. The summed E-state index contributed by atoms with van der Waals surface area (Å²) in [6.45, 7) is 0.385. The summed E-state index contributed by atoms with van der Waals surface area (Å²) in [6, 6.07) is 6.36. The Balaban J connectivity index is 1.78. The summed E-state index contributed by atoms with van der Waals surface area (Å²) in [5, 5.41) is 10.0. The number of carboxylic acids is 1. The number of unbranched alkanes of at least 4 members (excludes halogenated alkanes) is 1. The van der Waals surface area contributed by atoms with Crippen molar-refractivity contribution in [2.75, 3.05) is 18.5 Å². The quantitative estimate of drug-likeness (QED) is 0.523. The molecule has 0 unspecified atom stereocenters. The van der Waals surface area contributed by atoms with Gasteiger partial charge in [-0.25, -0.2) is 13.8 Å². The number of pyridine rings is 1. The number of carboxylic acid groups (broad SMARTS) is 1. The monoisotopic (exact) mass is 420 g/mol. The van der Waals surface area contributed by atoms with E-state index < -0.39 is 17.6 Å². The van der Waals surface area contributed by atoms with Crippen molar-refractivity contribution < 1.29 is 18.7 Å². The van der Waals surface area contributed by atoms with Crippen LogP contribution in [0.5, 0.6) is 0 Å². The van der Waals surface area contributed by atoms with E-state index in [1.165, 1.54) is 29.9 Å². The molecule has 29 heavy (non-hydrogen) atoms. The maximum atomic E-state index is 14.8. The number of anilines is 1. The molecule has 156 valence electrons. The molecule has 3 rings (SSSR count). The highest BCUT2D eigenvalue weighted by molar-refractivity contribution is 8.00. The molecule has 0 spiro atoms. The van der Waals surface area contributed by atoms with E-state index in [4.69, 9.17) is 5.11 Å². The van der Waals surface area contributed by atoms with Crippen LogP contribution < -0.4 is 4.90 Å². The second-order valence-corrected chi connectivity index (χ2v) is 8.73. The highest BCUT2D eigenvalue weighted by atomic mass is 32.2. The Kier molecular flexibility index (Phi) is 7.47. The summed E-state index contributed by atoms with van der Waals surface area (Å²) >= 11 is 1.70. The van der Waals surface area contributed by atoms with Gasteiger partial charge in [0.1, 0.15) is 22.3 Å². The number of aliphatic carboxylic acids is 1. The van der Waals surface area contributed by atoms with Gasteiger partial charge in [-0.2, -0.15) is 0 Å². The second kappa shape index (κ2) is 10.1. The normalized spacial score (nSPS) is 14.3. The van der Waals surface area contributed by atoms with Gasteiger partial charge in [-0.15, -0.1) is 11.8 Å². The molecule has 0 bridgehead atoms. The topological polar surface area (TPSA) is 53.4 Å². The predicted octanol–water partition coefficient (Wildman–Crippen LogP) is 5.75. The van der Waals surface area contributed by atoms with Gasteiger partial charge in [0.15, 0.2) is 0 Å². The fourth-order valence-electron chi connectivity index (χ4n) is 3.69.